The number of nitrogens with one attached hydrogen (secondary N) is 1. The summed E-state index contributed by atoms with van der Waals surface area (Å²) >= 11 is 13.2. The fraction of sp³-hybridized carbons (Fsp3) is 0.257. The average molecular weight is 683 g/mol. The lowest BCUT2D eigenvalue weighted by Crippen LogP contribution is -2.54. The number of sulfonamides is 1. The number of ether oxygens (including phenoxy) is 1. The van der Waals surface area contributed by atoms with Crippen molar-refractivity contribution in [2.45, 2.75) is 50.2 Å². The van der Waals surface area contributed by atoms with Crippen molar-refractivity contribution in [3.05, 3.63) is 124 Å². The number of carbonyl (C=O) groups excluding carboxylic acids is 2. The van der Waals surface area contributed by atoms with E-state index in [-0.39, 0.29) is 41.2 Å². The van der Waals surface area contributed by atoms with Gasteiger partial charge < -0.3 is 15.0 Å². The highest BCUT2D eigenvalue weighted by Crippen LogP contribution is 2.33. The normalized spacial score (nSPS) is 12.5. The predicted octanol–water partition coefficient (Wildman–Crippen LogP) is 6.75. The third-order valence-corrected chi connectivity index (χ3v) is 10.1. The van der Waals surface area contributed by atoms with Crippen molar-refractivity contribution < 1.29 is 22.7 Å². The zero-order valence-corrected chi connectivity index (χ0v) is 28.2. The van der Waals surface area contributed by atoms with E-state index in [2.05, 4.69) is 5.32 Å². The summed E-state index contributed by atoms with van der Waals surface area (Å²) in [6, 6.07) is 27.5. The lowest BCUT2D eigenvalue weighted by atomic mass is 10.0. The first kappa shape index (κ1) is 34.8. The number of nitrogens with zero attached hydrogens (tertiary/aromatic N) is 2. The van der Waals surface area contributed by atoms with Crippen LogP contribution >= 0.6 is 23.2 Å². The minimum atomic E-state index is -4.28. The van der Waals surface area contributed by atoms with Crippen molar-refractivity contribution in [3.8, 4) is 5.75 Å². The number of hydrogen-bond donors (Lipinski definition) is 1. The van der Waals surface area contributed by atoms with Gasteiger partial charge in [-0.25, -0.2) is 8.42 Å². The number of carbonyl (C=O) groups is 2. The molecule has 4 aromatic carbocycles. The fourth-order valence-electron chi connectivity index (χ4n) is 4.92. The fourth-order valence-corrected chi connectivity index (χ4v) is 6.88. The third kappa shape index (κ3) is 8.40. The van der Waals surface area contributed by atoms with Crippen molar-refractivity contribution in [1.82, 2.24) is 10.2 Å². The largest absolute Gasteiger partial charge is 0.495 e. The van der Waals surface area contributed by atoms with Gasteiger partial charge in [0.2, 0.25) is 11.8 Å². The second-order valence-electron chi connectivity index (χ2n) is 10.7. The molecule has 4 aromatic rings. The van der Waals surface area contributed by atoms with E-state index in [1.807, 2.05) is 44.2 Å². The van der Waals surface area contributed by atoms with Crippen LogP contribution in [0.1, 0.15) is 31.4 Å². The van der Waals surface area contributed by atoms with E-state index in [0.717, 1.165) is 9.87 Å². The van der Waals surface area contributed by atoms with Crippen molar-refractivity contribution in [1.29, 1.82) is 0 Å². The number of methoxy groups -OCH3 is 1. The first-order chi connectivity index (χ1) is 22.1. The molecular formula is C35H37Cl2N3O5S. The Labute approximate surface area is 280 Å². The monoisotopic (exact) mass is 681 g/mol. The van der Waals surface area contributed by atoms with Crippen LogP contribution in [-0.2, 0) is 32.6 Å². The van der Waals surface area contributed by atoms with Gasteiger partial charge in [-0.05, 0) is 55.3 Å². The number of hydrogen-bond acceptors (Lipinski definition) is 5. The average Bonchev–Trinajstić information content (AvgIpc) is 3.06. The highest BCUT2D eigenvalue weighted by Gasteiger charge is 2.36. The van der Waals surface area contributed by atoms with Crippen LogP contribution in [0.5, 0.6) is 5.75 Å². The minimum absolute atomic E-state index is 0.00949. The first-order valence-electron chi connectivity index (χ1n) is 14.8. The molecule has 0 aliphatic rings. The number of rotatable bonds is 14. The Balaban J connectivity index is 1.86. The van der Waals surface area contributed by atoms with Crippen molar-refractivity contribution in [2.75, 3.05) is 18.0 Å². The molecule has 8 nitrogen and oxygen atoms in total. The van der Waals surface area contributed by atoms with Gasteiger partial charge in [0, 0.05) is 34.6 Å². The molecule has 4 rings (SSSR count). The lowest BCUT2D eigenvalue weighted by Gasteiger charge is -2.35. The van der Waals surface area contributed by atoms with E-state index in [1.165, 1.54) is 24.1 Å². The zero-order chi connectivity index (χ0) is 33.3. The molecule has 2 amide bonds. The summed E-state index contributed by atoms with van der Waals surface area (Å²) in [6.07, 6.45) is 0.835. The second-order valence-corrected chi connectivity index (χ2v) is 13.4. The Hall–Kier alpha value is -4.05. The summed E-state index contributed by atoms with van der Waals surface area (Å²) in [5, 5.41) is 3.63. The van der Waals surface area contributed by atoms with Crippen LogP contribution in [-0.4, -0.2) is 50.9 Å². The number of halogens is 2. The molecule has 0 fully saturated rings. The molecule has 0 heterocycles. The van der Waals surface area contributed by atoms with E-state index in [1.54, 1.807) is 60.7 Å². The Morgan fingerprint density at radius 3 is 2.04 bits per heavy atom. The van der Waals surface area contributed by atoms with Gasteiger partial charge >= 0.3 is 0 Å². The van der Waals surface area contributed by atoms with Crippen molar-refractivity contribution >= 4 is 50.7 Å². The molecule has 0 radical (unpaired) electrons. The molecule has 242 valence electrons. The lowest BCUT2D eigenvalue weighted by molar-refractivity contribution is -0.140. The standard InChI is InChI=1S/C35H37Cl2N3O5S/c1-4-25(2)38-35(42)32(22-26-14-7-5-8-15-26)39(23-28-29(36)18-13-19-30(28)37)34(41)24-40(31-20-11-12-21-33(31)45-3)46(43,44)27-16-9-6-10-17-27/h5-21,25,32H,4,22-24H2,1-3H3,(H,38,42)/t25-,32-/m0/s1. The molecule has 11 heteroatoms. The van der Waals surface area contributed by atoms with Crippen LogP contribution in [0, 0.1) is 0 Å². The molecule has 0 aromatic heterocycles. The highest BCUT2D eigenvalue weighted by atomic mass is 35.5. The quantitative estimate of drug-likeness (QED) is 0.159. The van der Waals surface area contributed by atoms with Gasteiger partial charge in [0.05, 0.1) is 17.7 Å². The summed E-state index contributed by atoms with van der Waals surface area (Å²) in [6.45, 7) is 3.04. The highest BCUT2D eigenvalue weighted by molar-refractivity contribution is 7.92. The summed E-state index contributed by atoms with van der Waals surface area (Å²) in [7, 11) is -2.85. The Morgan fingerprint density at radius 1 is 0.848 bits per heavy atom. The number of benzene rings is 4. The van der Waals surface area contributed by atoms with E-state index < -0.39 is 28.5 Å². The van der Waals surface area contributed by atoms with Crippen molar-refractivity contribution in [2.24, 2.45) is 0 Å². The Morgan fingerprint density at radius 2 is 1.43 bits per heavy atom. The molecule has 0 aliphatic carbocycles. The maximum atomic E-state index is 14.6. The number of amides is 2. The second kappa shape index (κ2) is 16.0. The van der Waals surface area contributed by atoms with E-state index >= 15 is 0 Å². The van der Waals surface area contributed by atoms with Gasteiger partial charge in [0.15, 0.2) is 0 Å². The first-order valence-corrected chi connectivity index (χ1v) is 17.0. The summed E-state index contributed by atoms with van der Waals surface area (Å²) in [4.78, 5) is 30.0. The topological polar surface area (TPSA) is 96.0 Å². The van der Waals surface area contributed by atoms with Crippen LogP contribution in [0.25, 0.3) is 0 Å². The van der Waals surface area contributed by atoms with E-state index in [4.69, 9.17) is 27.9 Å². The van der Waals surface area contributed by atoms with Crippen molar-refractivity contribution in [3.63, 3.8) is 0 Å². The van der Waals surface area contributed by atoms with Gasteiger partial charge in [-0.15, -0.1) is 0 Å². The maximum Gasteiger partial charge on any atom is 0.264 e. The molecule has 0 unspecified atom stereocenters. The van der Waals surface area contributed by atoms with Gasteiger partial charge in [-0.2, -0.15) is 0 Å². The number of para-hydroxylation sites is 2. The summed E-state index contributed by atoms with van der Waals surface area (Å²) in [5.74, 6) is -0.767. The van der Waals surface area contributed by atoms with Gasteiger partial charge in [-0.3, -0.25) is 13.9 Å². The van der Waals surface area contributed by atoms with Gasteiger partial charge in [0.25, 0.3) is 10.0 Å². The third-order valence-electron chi connectivity index (χ3n) is 7.63. The van der Waals surface area contributed by atoms with Crippen LogP contribution in [0.15, 0.2) is 108 Å². The van der Waals surface area contributed by atoms with Crippen LogP contribution in [0.2, 0.25) is 10.0 Å². The zero-order valence-electron chi connectivity index (χ0n) is 25.9. The molecule has 2 atom stereocenters. The minimum Gasteiger partial charge on any atom is -0.495 e. The SMILES string of the molecule is CC[C@H](C)NC(=O)[C@H](Cc1ccccc1)N(Cc1c(Cl)cccc1Cl)C(=O)CN(c1ccccc1OC)S(=O)(=O)c1ccccc1. The van der Waals surface area contributed by atoms with Crippen LogP contribution in [0.4, 0.5) is 5.69 Å². The molecule has 1 N–H and O–H groups in total. The summed E-state index contributed by atoms with van der Waals surface area (Å²) < 4.78 is 34.9. The Bertz CT molecular complexity index is 1720. The molecule has 46 heavy (non-hydrogen) atoms. The van der Waals surface area contributed by atoms with Crippen LogP contribution in [0.3, 0.4) is 0 Å². The Kier molecular flexibility index (Phi) is 12.1. The smallest absolute Gasteiger partial charge is 0.264 e. The van der Waals surface area contributed by atoms with E-state index in [0.29, 0.717) is 22.0 Å². The van der Waals surface area contributed by atoms with Gasteiger partial charge in [0.1, 0.15) is 18.3 Å². The molecule has 0 spiro atoms. The summed E-state index contributed by atoms with van der Waals surface area (Å²) in [5.41, 5.74) is 1.42. The molecule has 0 saturated heterocycles. The van der Waals surface area contributed by atoms with Gasteiger partial charge in [-0.1, -0.05) is 96.9 Å². The molecular weight excluding hydrogens is 645 g/mol. The molecule has 0 aliphatic heterocycles. The molecule has 0 bridgehead atoms. The number of anilines is 1. The van der Waals surface area contributed by atoms with Crippen LogP contribution < -0.4 is 14.4 Å². The maximum absolute atomic E-state index is 14.6. The van der Waals surface area contributed by atoms with E-state index in [9.17, 15) is 18.0 Å². The molecule has 0 saturated carbocycles. The predicted molar refractivity (Wildman–Crippen MR) is 183 cm³/mol.